The smallest absolute Gasteiger partial charge is 0.290 e. The third kappa shape index (κ3) is 4.51. The van der Waals surface area contributed by atoms with Gasteiger partial charge < -0.3 is 9.30 Å². The summed E-state index contributed by atoms with van der Waals surface area (Å²) >= 11 is 0.928. The van der Waals surface area contributed by atoms with Gasteiger partial charge in [-0.3, -0.25) is 14.9 Å². The van der Waals surface area contributed by atoms with E-state index in [-0.39, 0.29) is 11.1 Å². The molecule has 6 heteroatoms. The average Bonchev–Trinajstić information content (AvgIpc) is 3.40. The number of nitrogens with one attached hydrogen (secondary N) is 1. The number of benzene rings is 4. The number of imide groups is 1. The van der Waals surface area contributed by atoms with E-state index in [1.165, 1.54) is 10.8 Å². The Morgan fingerprint density at radius 2 is 1.58 bits per heavy atom. The van der Waals surface area contributed by atoms with Gasteiger partial charge >= 0.3 is 0 Å². The molecule has 1 aliphatic heterocycles. The van der Waals surface area contributed by atoms with Gasteiger partial charge in [0, 0.05) is 23.1 Å². The van der Waals surface area contributed by atoms with Gasteiger partial charge in [-0.05, 0) is 70.1 Å². The molecule has 0 saturated carbocycles. The summed E-state index contributed by atoms with van der Waals surface area (Å²) in [6.07, 6.45) is 1.79. The van der Waals surface area contributed by atoms with Crippen LogP contribution < -0.4 is 10.1 Å². The topological polar surface area (TPSA) is 60.3 Å². The quantitative estimate of drug-likeness (QED) is 0.268. The van der Waals surface area contributed by atoms with Crippen molar-refractivity contribution in [2.75, 3.05) is 0 Å². The third-order valence-corrected chi connectivity index (χ3v) is 7.04. The zero-order chi connectivity index (χ0) is 24.5. The molecule has 6 rings (SSSR count). The van der Waals surface area contributed by atoms with Crippen molar-refractivity contribution in [1.82, 2.24) is 9.88 Å². The number of ether oxygens (including phenoxy) is 1. The van der Waals surface area contributed by atoms with Crippen LogP contribution in [0.3, 0.4) is 0 Å². The number of nitrogens with zero attached hydrogens (tertiary/aromatic N) is 1. The molecular weight excluding hydrogens is 468 g/mol. The highest BCUT2D eigenvalue weighted by molar-refractivity contribution is 8.18. The maximum absolute atomic E-state index is 12.2. The highest BCUT2D eigenvalue weighted by Crippen LogP contribution is 2.31. The summed E-state index contributed by atoms with van der Waals surface area (Å²) in [7, 11) is 0. The van der Waals surface area contributed by atoms with Crippen molar-refractivity contribution in [2.45, 2.75) is 13.2 Å². The van der Waals surface area contributed by atoms with Crippen molar-refractivity contribution in [2.24, 2.45) is 0 Å². The lowest BCUT2D eigenvalue weighted by Crippen LogP contribution is -2.17. The van der Waals surface area contributed by atoms with E-state index < -0.39 is 0 Å². The molecule has 176 valence electrons. The van der Waals surface area contributed by atoms with E-state index in [1.807, 2.05) is 66.7 Å². The highest BCUT2D eigenvalue weighted by atomic mass is 32.2. The molecule has 0 bridgehead atoms. The van der Waals surface area contributed by atoms with E-state index in [4.69, 9.17) is 4.74 Å². The molecule has 4 aromatic carbocycles. The monoisotopic (exact) mass is 490 g/mol. The van der Waals surface area contributed by atoms with Crippen LogP contribution in [-0.2, 0) is 17.9 Å². The van der Waals surface area contributed by atoms with Crippen LogP contribution in [0.2, 0.25) is 0 Å². The molecule has 0 spiro atoms. The summed E-state index contributed by atoms with van der Waals surface area (Å²) in [5.74, 6) is 0.413. The van der Waals surface area contributed by atoms with Crippen LogP contribution in [0, 0.1) is 0 Å². The first kappa shape index (κ1) is 22.2. The van der Waals surface area contributed by atoms with Gasteiger partial charge in [0.15, 0.2) is 0 Å². The number of hydrogen-bond donors (Lipinski definition) is 1. The Bertz CT molecular complexity index is 1650. The van der Waals surface area contributed by atoms with Crippen molar-refractivity contribution in [1.29, 1.82) is 0 Å². The molecule has 0 radical (unpaired) electrons. The van der Waals surface area contributed by atoms with E-state index in [0.29, 0.717) is 18.1 Å². The van der Waals surface area contributed by atoms with Crippen LogP contribution in [0.25, 0.3) is 27.8 Å². The number of carbonyl (C=O) groups is 2. The largest absolute Gasteiger partial charge is 0.489 e. The fourth-order valence-electron chi connectivity index (χ4n) is 4.47. The Kier molecular flexibility index (Phi) is 5.79. The van der Waals surface area contributed by atoms with Crippen LogP contribution in [0.4, 0.5) is 4.79 Å². The van der Waals surface area contributed by atoms with E-state index in [2.05, 4.69) is 40.2 Å². The van der Waals surface area contributed by atoms with Gasteiger partial charge in [0.25, 0.3) is 11.1 Å². The third-order valence-electron chi connectivity index (χ3n) is 6.23. The molecule has 5 nitrogen and oxygen atoms in total. The zero-order valence-electron chi connectivity index (χ0n) is 19.3. The second-order valence-electron chi connectivity index (χ2n) is 8.68. The van der Waals surface area contributed by atoms with Gasteiger partial charge in [-0.2, -0.15) is 0 Å². The van der Waals surface area contributed by atoms with Gasteiger partial charge in [0.1, 0.15) is 12.4 Å². The first-order valence-corrected chi connectivity index (χ1v) is 12.5. The molecule has 36 heavy (non-hydrogen) atoms. The molecule has 0 atom stereocenters. The van der Waals surface area contributed by atoms with E-state index in [1.54, 1.807) is 6.08 Å². The number of carbonyl (C=O) groups excluding carboxylic acids is 2. The Morgan fingerprint density at radius 3 is 2.39 bits per heavy atom. The first-order chi connectivity index (χ1) is 17.6. The summed E-state index contributed by atoms with van der Waals surface area (Å²) in [6, 6.07) is 32.9. The molecule has 2 amide bonds. The minimum Gasteiger partial charge on any atom is -0.489 e. The minimum absolute atomic E-state index is 0.347. The average molecular weight is 491 g/mol. The lowest BCUT2D eigenvalue weighted by Gasteiger charge is -2.11. The molecule has 1 saturated heterocycles. The Labute approximate surface area is 212 Å². The lowest BCUT2D eigenvalue weighted by molar-refractivity contribution is -0.115. The summed E-state index contributed by atoms with van der Waals surface area (Å²) in [6.45, 7) is 1.11. The molecule has 0 unspecified atom stereocenters. The van der Waals surface area contributed by atoms with Gasteiger partial charge in [-0.25, -0.2) is 0 Å². The van der Waals surface area contributed by atoms with Crippen LogP contribution in [0.15, 0.2) is 102 Å². The van der Waals surface area contributed by atoms with Gasteiger partial charge in [0.2, 0.25) is 0 Å². The van der Waals surface area contributed by atoms with Gasteiger partial charge in [-0.1, -0.05) is 66.7 Å². The molecule has 1 aromatic heterocycles. The van der Waals surface area contributed by atoms with Crippen molar-refractivity contribution in [3.8, 4) is 5.75 Å². The maximum atomic E-state index is 12.2. The fourth-order valence-corrected chi connectivity index (χ4v) is 5.14. The Hall–Kier alpha value is -4.29. The van der Waals surface area contributed by atoms with Crippen molar-refractivity contribution >= 4 is 50.7 Å². The van der Waals surface area contributed by atoms with Crippen molar-refractivity contribution < 1.29 is 14.3 Å². The summed E-state index contributed by atoms with van der Waals surface area (Å²) < 4.78 is 8.21. The molecule has 0 aliphatic carbocycles. The second-order valence-corrected chi connectivity index (χ2v) is 9.70. The molecule has 1 aliphatic rings. The summed E-state index contributed by atoms with van der Waals surface area (Å²) in [5.41, 5.74) is 4.13. The zero-order valence-corrected chi connectivity index (χ0v) is 20.1. The molecule has 1 N–H and O–H groups in total. The van der Waals surface area contributed by atoms with Crippen LogP contribution in [0.5, 0.6) is 5.75 Å². The Balaban J connectivity index is 1.38. The standard InChI is InChI=1S/C30H22N2O3S/c33-29-28(36-30(34)31-29)17-25-15-24-16-26(35-19-20-6-2-1-3-7-20)12-13-27(24)32(25)18-21-10-11-22-8-4-5-9-23(22)14-21/h1-17H,18-19H2,(H,31,33,34)/b28-17-. The normalized spacial score (nSPS) is 14.6. The van der Waals surface area contributed by atoms with Crippen LogP contribution >= 0.6 is 11.8 Å². The van der Waals surface area contributed by atoms with Crippen LogP contribution in [0.1, 0.15) is 16.8 Å². The minimum atomic E-state index is -0.362. The van der Waals surface area contributed by atoms with E-state index in [0.717, 1.165) is 45.2 Å². The molecule has 5 aromatic rings. The maximum Gasteiger partial charge on any atom is 0.290 e. The van der Waals surface area contributed by atoms with E-state index >= 15 is 0 Å². The highest BCUT2D eigenvalue weighted by Gasteiger charge is 2.25. The lowest BCUT2D eigenvalue weighted by atomic mass is 10.1. The molecule has 2 heterocycles. The van der Waals surface area contributed by atoms with Crippen molar-refractivity contribution in [3.05, 3.63) is 119 Å². The number of aromatic nitrogens is 1. The number of fused-ring (bicyclic) bond motifs is 2. The predicted octanol–water partition coefficient (Wildman–Crippen LogP) is 6.75. The van der Waals surface area contributed by atoms with Gasteiger partial charge in [-0.15, -0.1) is 0 Å². The predicted molar refractivity (Wildman–Crippen MR) is 145 cm³/mol. The summed E-state index contributed by atoms with van der Waals surface area (Å²) in [5, 5.41) is 5.37. The number of rotatable bonds is 6. The Morgan fingerprint density at radius 1 is 0.778 bits per heavy atom. The van der Waals surface area contributed by atoms with Crippen molar-refractivity contribution in [3.63, 3.8) is 0 Å². The number of hydrogen-bond acceptors (Lipinski definition) is 4. The summed E-state index contributed by atoms with van der Waals surface area (Å²) in [4.78, 5) is 24.4. The number of thioether (sulfide) groups is 1. The SMILES string of the molecule is O=C1NC(=O)/C(=C/c2cc3cc(OCc4ccccc4)ccc3n2Cc2ccc3ccccc3c2)S1. The van der Waals surface area contributed by atoms with E-state index in [9.17, 15) is 9.59 Å². The van der Waals surface area contributed by atoms with Gasteiger partial charge in [0.05, 0.1) is 4.91 Å². The van der Waals surface area contributed by atoms with Crippen LogP contribution in [-0.4, -0.2) is 15.7 Å². The molecular formula is C30H22N2O3S. The molecule has 1 fully saturated rings. The second kappa shape index (κ2) is 9.40. The number of amides is 2. The first-order valence-electron chi connectivity index (χ1n) is 11.6. The fraction of sp³-hybridized carbons (Fsp3) is 0.0667.